The van der Waals surface area contributed by atoms with Crippen molar-refractivity contribution in [2.75, 3.05) is 0 Å². The van der Waals surface area contributed by atoms with Crippen molar-refractivity contribution in [1.29, 1.82) is 0 Å². The fraction of sp³-hybridized carbons (Fsp3) is 0.0909. The summed E-state index contributed by atoms with van der Waals surface area (Å²) in [7, 11) is 0. The Morgan fingerprint density at radius 3 is 1.79 bits per heavy atom. The first-order chi connectivity index (χ1) is 11.7. The number of aromatic nitrogens is 2. The summed E-state index contributed by atoms with van der Waals surface area (Å²) in [4.78, 5) is 9.69. The maximum Gasteiger partial charge on any atom is 0.160 e. The van der Waals surface area contributed by atoms with E-state index in [1.54, 1.807) is 0 Å². The highest BCUT2D eigenvalue weighted by Gasteiger charge is 2.14. The second-order valence-electron chi connectivity index (χ2n) is 6.44. The first kappa shape index (κ1) is 13.4. The van der Waals surface area contributed by atoms with Crippen LogP contribution in [0.5, 0.6) is 0 Å². The minimum atomic E-state index is 0.787. The van der Waals surface area contributed by atoms with Crippen molar-refractivity contribution in [3.05, 3.63) is 71.8 Å². The Morgan fingerprint density at radius 1 is 0.625 bits per heavy atom. The summed E-state index contributed by atoms with van der Waals surface area (Å²) in [6.45, 7) is 4.35. The van der Waals surface area contributed by atoms with Gasteiger partial charge in [0.1, 0.15) is 0 Å². The molecule has 0 radical (unpaired) electrons. The molecule has 0 aliphatic heterocycles. The quantitative estimate of drug-likeness (QED) is 0.373. The Bertz CT molecular complexity index is 1140. The highest BCUT2D eigenvalue weighted by atomic mass is 14.9. The van der Waals surface area contributed by atoms with E-state index in [0.717, 1.165) is 22.4 Å². The summed E-state index contributed by atoms with van der Waals surface area (Å²) in [5.74, 6) is 0.787. The van der Waals surface area contributed by atoms with Gasteiger partial charge in [-0.15, -0.1) is 0 Å². The predicted molar refractivity (Wildman–Crippen MR) is 101 cm³/mol. The molecule has 0 atom stereocenters. The lowest BCUT2D eigenvalue weighted by Crippen LogP contribution is -1.95. The summed E-state index contributed by atoms with van der Waals surface area (Å²) >= 11 is 0. The lowest BCUT2D eigenvalue weighted by atomic mass is 9.93. The molecule has 0 spiro atoms. The average Bonchev–Trinajstić information content (AvgIpc) is 2.62. The fourth-order valence-corrected chi connectivity index (χ4v) is 3.75. The molecule has 0 N–H and O–H groups in total. The van der Waals surface area contributed by atoms with E-state index in [2.05, 4.69) is 56.3 Å². The van der Waals surface area contributed by atoms with Gasteiger partial charge in [-0.2, -0.15) is 0 Å². The smallest absolute Gasteiger partial charge is 0.160 e. The molecule has 5 aromatic rings. The molecule has 0 saturated carbocycles. The van der Waals surface area contributed by atoms with Crippen molar-refractivity contribution < 1.29 is 0 Å². The predicted octanol–water partition coefficient (Wildman–Crippen LogP) is 5.66. The SMILES string of the molecule is Cc1cc(C)c2ccc3nc(-c4ccccc4)nc4ccc1c2c43. The Balaban J connectivity index is 1.96. The maximum atomic E-state index is 4.85. The van der Waals surface area contributed by atoms with Gasteiger partial charge in [-0.3, -0.25) is 0 Å². The van der Waals surface area contributed by atoms with Crippen LogP contribution in [0.15, 0.2) is 60.7 Å². The molecule has 0 saturated heterocycles. The van der Waals surface area contributed by atoms with Crippen molar-refractivity contribution in [2.45, 2.75) is 13.8 Å². The van der Waals surface area contributed by atoms with Crippen molar-refractivity contribution in [2.24, 2.45) is 0 Å². The molecule has 0 unspecified atom stereocenters. The fourth-order valence-electron chi connectivity index (χ4n) is 3.75. The minimum absolute atomic E-state index is 0.787. The van der Waals surface area contributed by atoms with E-state index >= 15 is 0 Å². The third kappa shape index (κ3) is 1.77. The standard InChI is InChI=1S/C22H16N2/c1-13-12-14(2)17-9-11-19-21-18(10-8-16(13)20(17)21)23-22(24-19)15-6-4-3-5-7-15/h3-12H,1-2H3. The Kier molecular flexibility index (Phi) is 2.66. The van der Waals surface area contributed by atoms with Crippen LogP contribution in [0.2, 0.25) is 0 Å². The molecule has 114 valence electrons. The van der Waals surface area contributed by atoms with Gasteiger partial charge in [-0.25, -0.2) is 9.97 Å². The van der Waals surface area contributed by atoms with Crippen LogP contribution in [0.25, 0.3) is 44.0 Å². The second-order valence-corrected chi connectivity index (χ2v) is 6.44. The van der Waals surface area contributed by atoms with Crippen LogP contribution < -0.4 is 0 Å². The number of nitrogens with zero attached hydrogens (tertiary/aromatic N) is 2. The molecular weight excluding hydrogens is 292 g/mol. The van der Waals surface area contributed by atoms with E-state index in [1.165, 1.54) is 32.7 Å². The summed E-state index contributed by atoms with van der Waals surface area (Å²) in [6, 6.07) is 21.1. The van der Waals surface area contributed by atoms with Crippen LogP contribution in [-0.4, -0.2) is 9.97 Å². The van der Waals surface area contributed by atoms with Gasteiger partial charge in [0.05, 0.1) is 11.0 Å². The molecule has 2 nitrogen and oxygen atoms in total. The van der Waals surface area contributed by atoms with Gasteiger partial charge in [0.25, 0.3) is 0 Å². The summed E-state index contributed by atoms with van der Waals surface area (Å²) in [5, 5.41) is 5.06. The molecule has 1 heterocycles. The number of benzene rings is 4. The molecule has 5 rings (SSSR count). The average molecular weight is 308 g/mol. The zero-order valence-electron chi connectivity index (χ0n) is 13.7. The Labute approximate surface area is 140 Å². The van der Waals surface area contributed by atoms with Crippen molar-refractivity contribution >= 4 is 32.6 Å². The van der Waals surface area contributed by atoms with Gasteiger partial charge >= 0.3 is 0 Å². The molecule has 4 aromatic carbocycles. The summed E-state index contributed by atoms with van der Waals surface area (Å²) < 4.78 is 0. The van der Waals surface area contributed by atoms with Crippen LogP contribution in [0.1, 0.15) is 11.1 Å². The molecule has 0 bridgehead atoms. The van der Waals surface area contributed by atoms with Crippen molar-refractivity contribution in [3.63, 3.8) is 0 Å². The van der Waals surface area contributed by atoms with Crippen molar-refractivity contribution in [1.82, 2.24) is 9.97 Å². The van der Waals surface area contributed by atoms with Gasteiger partial charge < -0.3 is 0 Å². The summed E-state index contributed by atoms with van der Waals surface area (Å²) in [6.07, 6.45) is 0. The Hall–Kier alpha value is -3.00. The topological polar surface area (TPSA) is 25.8 Å². The third-order valence-corrected chi connectivity index (χ3v) is 4.88. The molecule has 0 amide bonds. The largest absolute Gasteiger partial charge is 0.228 e. The number of hydrogen-bond donors (Lipinski definition) is 0. The van der Waals surface area contributed by atoms with Gasteiger partial charge in [-0.05, 0) is 47.9 Å². The second kappa shape index (κ2) is 4.75. The Morgan fingerprint density at radius 2 is 1.21 bits per heavy atom. The third-order valence-electron chi connectivity index (χ3n) is 4.88. The van der Waals surface area contributed by atoms with Crippen LogP contribution in [0.4, 0.5) is 0 Å². The van der Waals surface area contributed by atoms with E-state index in [1.807, 2.05) is 18.2 Å². The highest BCUT2D eigenvalue weighted by molar-refractivity contribution is 6.22. The molecule has 1 aromatic heterocycles. The van der Waals surface area contributed by atoms with Gasteiger partial charge in [-0.1, -0.05) is 48.5 Å². The summed E-state index contributed by atoms with van der Waals surface area (Å²) in [5.41, 5.74) is 5.70. The van der Waals surface area contributed by atoms with Gasteiger partial charge in [0.2, 0.25) is 0 Å². The van der Waals surface area contributed by atoms with Gasteiger partial charge in [0, 0.05) is 16.3 Å². The van der Waals surface area contributed by atoms with Gasteiger partial charge in [0.15, 0.2) is 5.82 Å². The molecule has 0 aliphatic carbocycles. The van der Waals surface area contributed by atoms with E-state index in [4.69, 9.17) is 9.97 Å². The number of aryl methyl sites for hydroxylation is 2. The van der Waals surface area contributed by atoms with E-state index in [0.29, 0.717) is 0 Å². The first-order valence-corrected chi connectivity index (χ1v) is 8.20. The number of rotatable bonds is 1. The molecule has 2 heteroatoms. The zero-order chi connectivity index (χ0) is 16.3. The maximum absolute atomic E-state index is 4.85. The highest BCUT2D eigenvalue weighted by Crippen LogP contribution is 2.36. The molecule has 0 fully saturated rings. The molecule has 24 heavy (non-hydrogen) atoms. The van der Waals surface area contributed by atoms with E-state index in [9.17, 15) is 0 Å². The van der Waals surface area contributed by atoms with Crippen LogP contribution in [0, 0.1) is 13.8 Å². The lowest BCUT2D eigenvalue weighted by Gasteiger charge is -2.14. The van der Waals surface area contributed by atoms with Crippen LogP contribution >= 0.6 is 0 Å². The van der Waals surface area contributed by atoms with E-state index < -0.39 is 0 Å². The van der Waals surface area contributed by atoms with Crippen molar-refractivity contribution in [3.8, 4) is 11.4 Å². The lowest BCUT2D eigenvalue weighted by molar-refractivity contribution is 1.26. The van der Waals surface area contributed by atoms with E-state index in [-0.39, 0.29) is 0 Å². The number of hydrogen-bond acceptors (Lipinski definition) is 2. The van der Waals surface area contributed by atoms with Crippen LogP contribution in [-0.2, 0) is 0 Å². The molecular formula is C22H16N2. The zero-order valence-corrected chi connectivity index (χ0v) is 13.7. The molecule has 0 aliphatic rings. The minimum Gasteiger partial charge on any atom is -0.228 e. The monoisotopic (exact) mass is 308 g/mol. The first-order valence-electron chi connectivity index (χ1n) is 8.20. The normalized spacial score (nSPS) is 11.8. The van der Waals surface area contributed by atoms with Crippen LogP contribution in [0.3, 0.4) is 0 Å².